The fraction of sp³-hybridized carbons (Fsp3) is 0.130. The number of hydrogen-bond acceptors (Lipinski definition) is 2. The van der Waals surface area contributed by atoms with Gasteiger partial charge in [-0.15, -0.1) is 0 Å². The van der Waals surface area contributed by atoms with Gasteiger partial charge in [-0.1, -0.05) is 60.7 Å². The third kappa shape index (κ3) is 3.29. The van der Waals surface area contributed by atoms with E-state index in [-0.39, 0.29) is 6.10 Å². The van der Waals surface area contributed by atoms with Crippen molar-refractivity contribution >= 4 is 5.57 Å². The Morgan fingerprint density at radius 3 is 2.32 bits per heavy atom. The van der Waals surface area contributed by atoms with Crippen LogP contribution in [0.5, 0.6) is 11.5 Å². The SMILES string of the molecule is COc1ccc2c(c1)OC(Cc1ccccc1)C=C2c1ccccc1. The first-order chi connectivity index (χ1) is 12.3. The second-order valence-corrected chi connectivity index (χ2v) is 6.15. The highest BCUT2D eigenvalue weighted by Crippen LogP contribution is 2.38. The lowest BCUT2D eigenvalue weighted by molar-refractivity contribution is 0.244. The number of rotatable bonds is 4. The van der Waals surface area contributed by atoms with Crippen molar-refractivity contribution in [2.24, 2.45) is 0 Å². The first-order valence-electron chi connectivity index (χ1n) is 8.50. The van der Waals surface area contributed by atoms with E-state index in [1.54, 1.807) is 7.11 Å². The summed E-state index contributed by atoms with van der Waals surface area (Å²) in [6.07, 6.45) is 3.07. The average molecular weight is 328 g/mol. The van der Waals surface area contributed by atoms with Crippen LogP contribution >= 0.6 is 0 Å². The topological polar surface area (TPSA) is 18.5 Å². The third-order valence-electron chi connectivity index (χ3n) is 4.47. The Bertz CT molecular complexity index is 882. The zero-order valence-electron chi connectivity index (χ0n) is 14.2. The van der Waals surface area contributed by atoms with Crippen LogP contribution in [0.25, 0.3) is 5.57 Å². The second-order valence-electron chi connectivity index (χ2n) is 6.15. The molecule has 0 N–H and O–H groups in total. The monoisotopic (exact) mass is 328 g/mol. The van der Waals surface area contributed by atoms with Gasteiger partial charge in [-0.05, 0) is 34.9 Å². The van der Waals surface area contributed by atoms with Crippen molar-refractivity contribution in [3.05, 3.63) is 102 Å². The Morgan fingerprint density at radius 1 is 0.880 bits per heavy atom. The van der Waals surface area contributed by atoms with Crippen molar-refractivity contribution in [3.63, 3.8) is 0 Å². The van der Waals surface area contributed by atoms with Crippen molar-refractivity contribution in [1.29, 1.82) is 0 Å². The zero-order valence-corrected chi connectivity index (χ0v) is 14.2. The molecule has 4 rings (SSSR count). The molecule has 0 radical (unpaired) electrons. The smallest absolute Gasteiger partial charge is 0.131 e. The molecule has 1 aliphatic rings. The first kappa shape index (κ1) is 15.5. The molecule has 2 heteroatoms. The highest BCUT2D eigenvalue weighted by molar-refractivity contribution is 5.84. The van der Waals surface area contributed by atoms with E-state index < -0.39 is 0 Å². The Morgan fingerprint density at radius 2 is 1.60 bits per heavy atom. The van der Waals surface area contributed by atoms with E-state index in [2.05, 4.69) is 60.7 Å². The second kappa shape index (κ2) is 6.86. The molecule has 0 fully saturated rings. The van der Waals surface area contributed by atoms with Crippen LogP contribution in [0.4, 0.5) is 0 Å². The summed E-state index contributed by atoms with van der Waals surface area (Å²) in [5.74, 6) is 1.69. The number of methoxy groups -OCH3 is 1. The molecule has 0 saturated carbocycles. The quantitative estimate of drug-likeness (QED) is 0.661. The molecule has 1 atom stereocenters. The van der Waals surface area contributed by atoms with Gasteiger partial charge in [0.1, 0.15) is 17.6 Å². The largest absolute Gasteiger partial charge is 0.497 e. The first-order valence-corrected chi connectivity index (χ1v) is 8.50. The fourth-order valence-electron chi connectivity index (χ4n) is 3.24. The summed E-state index contributed by atoms with van der Waals surface area (Å²) in [7, 11) is 1.68. The molecule has 1 aliphatic heterocycles. The van der Waals surface area contributed by atoms with Crippen LogP contribution in [0, 0.1) is 0 Å². The van der Waals surface area contributed by atoms with Gasteiger partial charge in [0, 0.05) is 18.1 Å². The average Bonchev–Trinajstić information content (AvgIpc) is 2.68. The van der Waals surface area contributed by atoms with Crippen molar-refractivity contribution in [2.45, 2.75) is 12.5 Å². The molecule has 0 spiro atoms. The molecule has 2 nitrogen and oxygen atoms in total. The molecule has 3 aromatic carbocycles. The summed E-state index contributed by atoms with van der Waals surface area (Å²) >= 11 is 0. The van der Waals surface area contributed by atoms with Gasteiger partial charge in [0.25, 0.3) is 0 Å². The molecule has 0 aliphatic carbocycles. The van der Waals surface area contributed by atoms with Crippen molar-refractivity contribution in [1.82, 2.24) is 0 Å². The lowest BCUT2D eigenvalue weighted by Crippen LogP contribution is -2.21. The van der Waals surface area contributed by atoms with Gasteiger partial charge in [0.2, 0.25) is 0 Å². The number of benzene rings is 3. The van der Waals surface area contributed by atoms with E-state index in [0.29, 0.717) is 0 Å². The Labute approximate surface area is 148 Å². The summed E-state index contributed by atoms with van der Waals surface area (Å²) in [5.41, 5.74) is 4.79. The molecule has 0 amide bonds. The molecular formula is C23H20O2. The molecule has 1 heterocycles. The Balaban J connectivity index is 1.75. The van der Waals surface area contributed by atoms with E-state index in [4.69, 9.17) is 9.47 Å². The minimum atomic E-state index is -0.00258. The van der Waals surface area contributed by atoms with E-state index in [1.807, 2.05) is 24.3 Å². The van der Waals surface area contributed by atoms with Crippen molar-refractivity contribution in [2.75, 3.05) is 7.11 Å². The van der Waals surface area contributed by atoms with Gasteiger partial charge in [-0.3, -0.25) is 0 Å². The van der Waals surface area contributed by atoms with Crippen LogP contribution in [-0.4, -0.2) is 13.2 Å². The highest BCUT2D eigenvalue weighted by Gasteiger charge is 2.22. The lowest BCUT2D eigenvalue weighted by atomic mass is 9.92. The number of ether oxygens (including phenoxy) is 2. The number of fused-ring (bicyclic) bond motifs is 1. The maximum atomic E-state index is 6.27. The summed E-state index contributed by atoms with van der Waals surface area (Å²) in [5, 5.41) is 0. The van der Waals surface area contributed by atoms with Crippen molar-refractivity contribution < 1.29 is 9.47 Å². The maximum absolute atomic E-state index is 6.27. The molecule has 124 valence electrons. The molecule has 0 bridgehead atoms. The van der Waals surface area contributed by atoms with Gasteiger partial charge in [0.15, 0.2) is 0 Å². The maximum Gasteiger partial charge on any atom is 0.131 e. The van der Waals surface area contributed by atoms with Crippen LogP contribution in [-0.2, 0) is 6.42 Å². The summed E-state index contributed by atoms with van der Waals surface area (Å²) in [6, 6.07) is 27.0. The molecule has 0 aromatic heterocycles. The van der Waals surface area contributed by atoms with Gasteiger partial charge in [-0.2, -0.15) is 0 Å². The minimum Gasteiger partial charge on any atom is -0.497 e. The predicted molar refractivity (Wildman–Crippen MR) is 101 cm³/mol. The molecule has 25 heavy (non-hydrogen) atoms. The van der Waals surface area contributed by atoms with Gasteiger partial charge >= 0.3 is 0 Å². The van der Waals surface area contributed by atoms with Crippen LogP contribution in [0.15, 0.2) is 84.9 Å². The molecule has 3 aromatic rings. The fourth-order valence-corrected chi connectivity index (χ4v) is 3.24. The summed E-state index contributed by atoms with van der Waals surface area (Å²) in [6.45, 7) is 0. The van der Waals surface area contributed by atoms with E-state index in [0.717, 1.165) is 23.5 Å². The van der Waals surface area contributed by atoms with Gasteiger partial charge in [0.05, 0.1) is 7.11 Å². The van der Waals surface area contributed by atoms with Crippen molar-refractivity contribution in [3.8, 4) is 11.5 Å². The van der Waals surface area contributed by atoms with Crippen LogP contribution in [0.3, 0.4) is 0 Å². The minimum absolute atomic E-state index is 0.00258. The molecule has 1 unspecified atom stereocenters. The summed E-state index contributed by atoms with van der Waals surface area (Å²) < 4.78 is 11.6. The highest BCUT2D eigenvalue weighted by atomic mass is 16.5. The van der Waals surface area contributed by atoms with Crippen LogP contribution in [0.2, 0.25) is 0 Å². The number of hydrogen-bond donors (Lipinski definition) is 0. The van der Waals surface area contributed by atoms with E-state index in [1.165, 1.54) is 16.7 Å². The normalized spacial score (nSPS) is 15.7. The van der Waals surface area contributed by atoms with Crippen LogP contribution < -0.4 is 9.47 Å². The third-order valence-corrected chi connectivity index (χ3v) is 4.47. The molecular weight excluding hydrogens is 308 g/mol. The lowest BCUT2D eigenvalue weighted by Gasteiger charge is -2.26. The van der Waals surface area contributed by atoms with E-state index >= 15 is 0 Å². The molecule has 0 saturated heterocycles. The van der Waals surface area contributed by atoms with E-state index in [9.17, 15) is 0 Å². The summed E-state index contributed by atoms with van der Waals surface area (Å²) in [4.78, 5) is 0. The van der Waals surface area contributed by atoms with Gasteiger partial charge < -0.3 is 9.47 Å². The van der Waals surface area contributed by atoms with Gasteiger partial charge in [-0.25, -0.2) is 0 Å². The Kier molecular flexibility index (Phi) is 4.26. The zero-order chi connectivity index (χ0) is 17.1. The Hall–Kier alpha value is -3.00. The predicted octanol–water partition coefficient (Wildman–Crippen LogP) is 5.13. The van der Waals surface area contributed by atoms with Crippen LogP contribution in [0.1, 0.15) is 16.7 Å². The standard InChI is InChI=1S/C23H20O2/c1-24-19-12-13-21-22(18-10-6-3-7-11-18)15-20(25-23(21)16-19)14-17-8-4-2-5-9-17/h2-13,15-16,20H,14H2,1H3.